The molecule has 10 heteroatoms. The molecule has 0 radical (unpaired) electrons. The highest BCUT2D eigenvalue weighted by atomic mass is 35.5. The van der Waals surface area contributed by atoms with E-state index in [1.807, 2.05) is 0 Å². The van der Waals surface area contributed by atoms with E-state index in [0.717, 1.165) is 16.8 Å². The van der Waals surface area contributed by atoms with Gasteiger partial charge in [0.2, 0.25) is 0 Å². The van der Waals surface area contributed by atoms with Crippen molar-refractivity contribution in [3.05, 3.63) is 52.1 Å². The van der Waals surface area contributed by atoms with Gasteiger partial charge < -0.3 is 4.55 Å². The number of hydrogen-bond acceptors (Lipinski definition) is 3. The monoisotopic (exact) mass is 411 g/mol. The maximum Gasteiger partial charge on any atom is 0.435 e. The summed E-state index contributed by atoms with van der Waals surface area (Å²) < 4.78 is 68.2. The van der Waals surface area contributed by atoms with Gasteiger partial charge in [-0.05, 0) is 44.5 Å². The fraction of sp³-hybridized carbons (Fsp3) is 0.438. The van der Waals surface area contributed by atoms with Crippen molar-refractivity contribution >= 4 is 23.0 Å². The summed E-state index contributed by atoms with van der Waals surface area (Å²) in [6, 6.07) is 3.71. The lowest BCUT2D eigenvalue weighted by Gasteiger charge is -2.28. The van der Waals surface area contributed by atoms with Crippen molar-refractivity contribution in [1.82, 2.24) is 14.5 Å². The number of alkyl halides is 3. The largest absolute Gasteiger partial charge is 0.598 e. The first-order valence-corrected chi connectivity index (χ1v) is 9.07. The van der Waals surface area contributed by atoms with Crippen LogP contribution in [-0.2, 0) is 24.6 Å². The number of nitrogens with zero attached hydrogens (tertiary/aromatic N) is 2. The highest BCUT2D eigenvalue weighted by Crippen LogP contribution is 2.33. The van der Waals surface area contributed by atoms with Crippen molar-refractivity contribution in [3.8, 4) is 0 Å². The van der Waals surface area contributed by atoms with E-state index in [0.29, 0.717) is 5.56 Å². The molecular weight excluding hydrogens is 394 g/mol. The molecule has 4 nitrogen and oxygen atoms in total. The minimum Gasteiger partial charge on any atom is -0.598 e. The number of aromatic nitrogens is 2. The first kappa shape index (κ1) is 21.0. The summed E-state index contributed by atoms with van der Waals surface area (Å²) in [6.07, 6.45) is -4.62. The van der Waals surface area contributed by atoms with Gasteiger partial charge in [-0.2, -0.15) is 18.3 Å². The van der Waals surface area contributed by atoms with Crippen LogP contribution in [-0.4, -0.2) is 19.1 Å². The summed E-state index contributed by atoms with van der Waals surface area (Å²) in [5, 5.41) is 3.30. The zero-order valence-corrected chi connectivity index (χ0v) is 16.1. The van der Waals surface area contributed by atoms with Crippen LogP contribution in [0.4, 0.5) is 17.6 Å². The van der Waals surface area contributed by atoms with Crippen LogP contribution in [0.2, 0.25) is 5.02 Å². The molecule has 26 heavy (non-hydrogen) atoms. The highest BCUT2D eigenvalue weighted by Gasteiger charge is 2.37. The summed E-state index contributed by atoms with van der Waals surface area (Å²) in [6.45, 7) is 5.15. The third kappa shape index (κ3) is 4.70. The van der Waals surface area contributed by atoms with Gasteiger partial charge in [-0.25, -0.2) is 4.39 Å². The molecule has 144 valence electrons. The molecule has 0 spiro atoms. The Balaban J connectivity index is 2.53. The van der Waals surface area contributed by atoms with Crippen molar-refractivity contribution in [2.45, 2.75) is 37.7 Å². The van der Waals surface area contributed by atoms with Crippen molar-refractivity contribution in [1.29, 1.82) is 0 Å². The number of aryl methyl sites for hydroxylation is 1. The molecule has 1 aromatic heterocycles. The van der Waals surface area contributed by atoms with Gasteiger partial charge in [-0.15, -0.1) is 4.72 Å². The molecule has 1 heterocycles. The highest BCUT2D eigenvalue weighted by molar-refractivity contribution is 7.90. The van der Waals surface area contributed by atoms with Gasteiger partial charge in [-0.1, -0.05) is 17.7 Å². The third-order valence-corrected chi connectivity index (χ3v) is 5.41. The molecule has 0 aliphatic heterocycles. The smallest absolute Gasteiger partial charge is 0.435 e. The molecule has 0 fully saturated rings. The number of hydrogen-bond donors (Lipinski definition) is 1. The van der Waals surface area contributed by atoms with Crippen molar-refractivity contribution in [3.63, 3.8) is 0 Å². The quantitative estimate of drug-likeness (QED) is 0.600. The summed E-state index contributed by atoms with van der Waals surface area (Å²) in [7, 11) is 1.35. The van der Waals surface area contributed by atoms with E-state index in [1.54, 1.807) is 20.8 Å². The molecule has 2 aromatic rings. The summed E-state index contributed by atoms with van der Waals surface area (Å²) in [5.74, 6) is -0.660. The third-order valence-electron chi connectivity index (χ3n) is 3.56. The molecule has 2 atom stereocenters. The second-order valence-electron chi connectivity index (χ2n) is 6.68. The Labute approximate surface area is 156 Å². The fourth-order valence-electron chi connectivity index (χ4n) is 2.17. The van der Waals surface area contributed by atoms with E-state index < -0.39 is 39.8 Å². The molecule has 1 unspecified atom stereocenters. The molecule has 0 aliphatic rings. The van der Waals surface area contributed by atoms with Crippen molar-refractivity contribution in [2.75, 3.05) is 0 Å². The van der Waals surface area contributed by atoms with Gasteiger partial charge >= 0.3 is 6.18 Å². The van der Waals surface area contributed by atoms with Crippen LogP contribution >= 0.6 is 11.6 Å². The lowest BCUT2D eigenvalue weighted by molar-refractivity contribution is -0.141. The number of nitrogens with one attached hydrogen (secondary N) is 1. The average molecular weight is 412 g/mol. The predicted octanol–water partition coefficient (Wildman–Crippen LogP) is 4.37. The van der Waals surface area contributed by atoms with Crippen molar-refractivity contribution < 1.29 is 22.1 Å². The van der Waals surface area contributed by atoms with E-state index in [4.69, 9.17) is 11.6 Å². The standard InChI is InChI=1S/C16H18ClF4N3OS/c1-15(2,3)26(25)23-14(9-5-6-11(18)10(17)7-9)12-8-13(16(19,20)21)22-24(12)4/h5-8,14,23H,1-4H3/t14-,26?/m1/s1. The maximum absolute atomic E-state index is 13.5. The van der Waals surface area contributed by atoms with Gasteiger partial charge in [-0.3, -0.25) is 4.68 Å². The fourth-order valence-corrected chi connectivity index (χ4v) is 3.18. The second kappa shape index (κ2) is 7.38. The van der Waals surface area contributed by atoms with Crippen molar-refractivity contribution in [2.24, 2.45) is 7.05 Å². The molecule has 0 amide bonds. The first-order chi connectivity index (χ1) is 11.8. The van der Waals surface area contributed by atoms with Crippen LogP contribution < -0.4 is 4.72 Å². The van der Waals surface area contributed by atoms with Crippen LogP contribution in [0.3, 0.4) is 0 Å². The Morgan fingerprint density at radius 2 is 1.85 bits per heavy atom. The molecule has 1 N–H and O–H groups in total. The first-order valence-electron chi connectivity index (χ1n) is 7.55. The van der Waals surface area contributed by atoms with E-state index in [-0.39, 0.29) is 10.7 Å². The molecule has 2 rings (SSSR count). The molecule has 0 bridgehead atoms. The van der Waals surface area contributed by atoms with Gasteiger partial charge in [0, 0.05) is 18.4 Å². The van der Waals surface area contributed by atoms with Crippen LogP contribution in [0, 0.1) is 5.82 Å². The Bertz CT molecular complexity index is 789. The molecular formula is C16H18ClF4N3OS. The minimum absolute atomic E-state index is 0.123. The second-order valence-corrected chi connectivity index (χ2v) is 9.09. The van der Waals surface area contributed by atoms with Crippen LogP contribution in [0.25, 0.3) is 0 Å². The lowest BCUT2D eigenvalue weighted by atomic mass is 10.0. The SMILES string of the molecule is Cn1nc(C(F)(F)F)cc1[C@H](N[S+]([O-])C(C)(C)C)c1ccc(F)c(Cl)c1. The van der Waals surface area contributed by atoms with Gasteiger partial charge in [0.15, 0.2) is 5.69 Å². The summed E-state index contributed by atoms with van der Waals surface area (Å²) in [5.41, 5.74) is -0.583. The molecule has 0 saturated carbocycles. The normalized spacial score (nSPS) is 15.2. The topological polar surface area (TPSA) is 52.9 Å². The molecule has 0 aliphatic carbocycles. The van der Waals surface area contributed by atoms with Gasteiger partial charge in [0.1, 0.15) is 16.6 Å². The van der Waals surface area contributed by atoms with Crippen LogP contribution in [0.5, 0.6) is 0 Å². The van der Waals surface area contributed by atoms with E-state index >= 15 is 0 Å². The predicted molar refractivity (Wildman–Crippen MR) is 92.5 cm³/mol. The van der Waals surface area contributed by atoms with E-state index in [1.165, 1.54) is 19.2 Å². The zero-order chi connectivity index (χ0) is 19.9. The Kier molecular flexibility index (Phi) is 5.96. The lowest BCUT2D eigenvalue weighted by Crippen LogP contribution is -2.42. The Hall–Kier alpha value is -1.29. The zero-order valence-electron chi connectivity index (χ0n) is 14.5. The number of rotatable bonds is 4. The Morgan fingerprint density at radius 3 is 2.31 bits per heavy atom. The van der Waals surface area contributed by atoms with Crippen LogP contribution in [0.1, 0.15) is 43.8 Å². The molecule has 1 aromatic carbocycles. The Morgan fingerprint density at radius 1 is 1.23 bits per heavy atom. The van der Waals surface area contributed by atoms with Gasteiger partial charge in [0.25, 0.3) is 0 Å². The number of benzene rings is 1. The minimum atomic E-state index is -4.62. The summed E-state index contributed by atoms with van der Waals surface area (Å²) in [4.78, 5) is 0. The van der Waals surface area contributed by atoms with Gasteiger partial charge in [0.05, 0.1) is 10.7 Å². The molecule has 0 saturated heterocycles. The average Bonchev–Trinajstić information content (AvgIpc) is 2.88. The maximum atomic E-state index is 13.5. The van der Waals surface area contributed by atoms with E-state index in [2.05, 4.69) is 9.82 Å². The van der Waals surface area contributed by atoms with Crippen LogP contribution in [0.15, 0.2) is 24.3 Å². The van der Waals surface area contributed by atoms with E-state index in [9.17, 15) is 22.1 Å². The number of halogens is 5. The summed E-state index contributed by atoms with van der Waals surface area (Å²) >= 11 is 4.20.